The maximum atomic E-state index is 14.5. The zero-order chi connectivity index (χ0) is 18.8. The average molecular weight is 358 g/mol. The molecule has 6 nitrogen and oxygen atoms in total. The fraction of sp³-hybridized carbons (Fsp3) is 0.263. The molecule has 1 atom stereocenters. The number of carbonyl (C=O) groups excluding carboxylic acids is 2. The summed E-state index contributed by atoms with van der Waals surface area (Å²) >= 11 is 0. The Morgan fingerprint density at radius 2 is 2.00 bits per heavy atom. The SMILES string of the molecule is CN(C)CCN1C(=O)C(O)=C(C(=O)c2ccco2)[C@H]1c1ccccc1F. The number of rotatable bonds is 6. The Balaban J connectivity index is 2.08. The number of aliphatic hydroxyl groups excluding tert-OH is 1. The van der Waals surface area contributed by atoms with Gasteiger partial charge in [0.05, 0.1) is 17.9 Å². The van der Waals surface area contributed by atoms with Crippen LogP contribution in [0.5, 0.6) is 0 Å². The number of carbonyl (C=O) groups is 2. The predicted molar refractivity (Wildman–Crippen MR) is 92.1 cm³/mol. The van der Waals surface area contributed by atoms with Gasteiger partial charge in [0.2, 0.25) is 5.78 Å². The summed E-state index contributed by atoms with van der Waals surface area (Å²) in [5.41, 5.74) is -0.0210. The maximum Gasteiger partial charge on any atom is 0.290 e. The summed E-state index contributed by atoms with van der Waals surface area (Å²) in [5, 5.41) is 10.4. The van der Waals surface area contributed by atoms with E-state index in [1.54, 1.807) is 6.07 Å². The van der Waals surface area contributed by atoms with Crippen molar-refractivity contribution in [1.82, 2.24) is 9.80 Å². The monoisotopic (exact) mass is 358 g/mol. The van der Waals surface area contributed by atoms with E-state index in [9.17, 15) is 19.1 Å². The van der Waals surface area contributed by atoms with Crippen LogP contribution < -0.4 is 0 Å². The van der Waals surface area contributed by atoms with Crippen LogP contribution in [0, 0.1) is 5.82 Å². The summed E-state index contributed by atoms with van der Waals surface area (Å²) in [6.45, 7) is 0.718. The number of nitrogens with zero attached hydrogens (tertiary/aromatic N) is 2. The Labute approximate surface area is 150 Å². The van der Waals surface area contributed by atoms with Crippen LogP contribution in [0.1, 0.15) is 22.2 Å². The molecular formula is C19H19FN2O4. The number of halogens is 1. The van der Waals surface area contributed by atoms with Gasteiger partial charge in [-0.2, -0.15) is 0 Å². The fourth-order valence-electron chi connectivity index (χ4n) is 2.98. The lowest BCUT2D eigenvalue weighted by Gasteiger charge is -2.28. The van der Waals surface area contributed by atoms with Crippen molar-refractivity contribution >= 4 is 11.7 Å². The van der Waals surface area contributed by atoms with Crippen LogP contribution in [0.15, 0.2) is 58.4 Å². The molecule has 2 heterocycles. The molecule has 0 fully saturated rings. The minimum Gasteiger partial charge on any atom is -0.503 e. The quantitative estimate of drug-likeness (QED) is 0.804. The predicted octanol–water partition coefficient (Wildman–Crippen LogP) is 2.56. The molecule has 2 aromatic rings. The molecule has 1 N–H and O–H groups in total. The summed E-state index contributed by atoms with van der Waals surface area (Å²) in [5.74, 6) is -2.58. The van der Waals surface area contributed by atoms with Crippen LogP contribution in [0.4, 0.5) is 4.39 Å². The fourth-order valence-corrected chi connectivity index (χ4v) is 2.98. The largest absolute Gasteiger partial charge is 0.503 e. The zero-order valence-electron chi connectivity index (χ0n) is 14.5. The van der Waals surface area contributed by atoms with Gasteiger partial charge in [-0.25, -0.2) is 4.39 Å². The molecule has 136 valence electrons. The number of aliphatic hydroxyl groups is 1. The molecule has 1 aliphatic rings. The summed E-state index contributed by atoms with van der Waals surface area (Å²) in [6.07, 6.45) is 1.32. The van der Waals surface area contributed by atoms with E-state index in [0.717, 1.165) is 0 Å². The number of hydrogen-bond donors (Lipinski definition) is 1. The van der Waals surface area contributed by atoms with Crippen molar-refractivity contribution in [1.29, 1.82) is 0 Å². The van der Waals surface area contributed by atoms with E-state index in [1.165, 1.54) is 41.5 Å². The number of Topliss-reactive ketones (excluding diaryl/α,β-unsaturated/α-hetero) is 1. The van der Waals surface area contributed by atoms with Crippen molar-refractivity contribution in [3.8, 4) is 0 Å². The third kappa shape index (κ3) is 3.13. The summed E-state index contributed by atoms with van der Waals surface area (Å²) in [7, 11) is 3.67. The van der Waals surface area contributed by atoms with E-state index in [-0.39, 0.29) is 23.4 Å². The first-order valence-electron chi connectivity index (χ1n) is 8.13. The molecule has 1 aliphatic heterocycles. The van der Waals surface area contributed by atoms with Crippen LogP contribution in [0.3, 0.4) is 0 Å². The number of benzene rings is 1. The molecule has 0 spiro atoms. The second-order valence-electron chi connectivity index (χ2n) is 6.29. The second-order valence-corrected chi connectivity index (χ2v) is 6.29. The van der Waals surface area contributed by atoms with Gasteiger partial charge >= 0.3 is 0 Å². The first-order chi connectivity index (χ1) is 12.4. The Kier molecular flexibility index (Phi) is 4.90. The molecular weight excluding hydrogens is 339 g/mol. The van der Waals surface area contributed by atoms with E-state index >= 15 is 0 Å². The molecule has 0 saturated heterocycles. The number of hydrogen-bond acceptors (Lipinski definition) is 5. The van der Waals surface area contributed by atoms with E-state index in [0.29, 0.717) is 6.54 Å². The van der Waals surface area contributed by atoms with Crippen LogP contribution in [-0.2, 0) is 4.79 Å². The van der Waals surface area contributed by atoms with Crippen molar-refractivity contribution in [2.75, 3.05) is 27.2 Å². The smallest absolute Gasteiger partial charge is 0.290 e. The molecule has 7 heteroatoms. The van der Waals surface area contributed by atoms with Crippen molar-refractivity contribution in [3.05, 3.63) is 71.1 Å². The molecule has 1 aromatic carbocycles. The molecule has 0 bridgehead atoms. The van der Waals surface area contributed by atoms with E-state index in [2.05, 4.69) is 0 Å². The van der Waals surface area contributed by atoms with E-state index in [1.807, 2.05) is 19.0 Å². The Morgan fingerprint density at radius 3 is 2.62 bits per heavy atom. The van der Waals surface area contributed by atoms with Crippen LogP contribution >= 0.6 is 0 Å². The Hall–Kier alpha value is -2.93. The first-order valence-corrected chi connectivity index (χ1v) is 8.13. The van der Waals surface area contributed by atoms with Crippen molar-refractivity contribution < 1.29 is 23.5 Å². The number of ketones is 1. The topological polar surface area (TPSA) is 74.0 Å². The molecule has 0 radical (unpaired) electrons. The molecule has 1 amide bonds. The van der Waals surface area contributed by atoms with Gasteiger partial charge in [0, 0.05) is 18.7 Å². The maximum absolute atomic E-state index is 14.5. The molecule has 0 aliphatic carbocycles. The molecule has 0 saturated carbocycles. The van der Waals surface area contributed by atoms with Crippen LogP contribution in [0.2, 0.25) is 0 Å². The van der Waals surface area contributed by atoms with Crippen molar-refractivity contribution in [2.45, 2.75) is 6.04 Å². The number of furan rings is 1. The summed E-state index contributed by atoms with van der Waals surface area (Å²) < 4.78 is 19.6. The van der Waals surface area contributed by atoms with Gasteiger partial charge in [-0.3, -0.25) is 9.59 Å². The van der Waals surface area contributed by atoms with Gasteiger partial charge in [0.1, 0.15) is 5.82 Å². The van der Waals surface area contributed by atoms with Gasteiger partial charge in [-0.15, -0.1) is 0 Å². The highest BCUT2D eigenvalue weighted by Crippen LogP contribution is 2.39. The first kappa shape index (κ1) is 17.9. The van der Waals surface area contributed by atoms with Gasteiger partial charge < -0.3 is 19.3 Å². The summed E-state index contributed by atoms with van der Waals surface area (Å²) in [4.78, 5) is 28.6. The highest BCUT2D eigenvalue weighted by Gasteiger charge is 2.45. The lowest BCUT2D eigenvalue weighted by atomic mass is 9.94. The second kappa shape index (κ2) is 7.13. The van der Waals surface area contributed by atoms with Gasteiger partial charge in [-0.1, -0.05) is 18.2 Å². The lowest BCUT2D eigenvalue weighted by Crippen LogP contribution is -2.37. The van der Waals surface area contributed by atoms with Crippen LogP contribution in [-0.4, -0.2) is 53.8 Å². The van der Waals surface area contributed by atoms with Crippen LogP contribution in [0.25, 0.3) is 0 Å². The van der Waals surface area contributed by atoms with Gasteiger partial charge in [-0.05, 0) is 32.3 Å². The number of likely N-dealkylation sites (N-methyl/N-ethyl adjacent to an activating group) is 1. The van der Waals surface area contributed by atoms with Gasteiger partial charge in [0.15, 0.2) is 11.5 Å². The third-order valence-electron chi connectivity index (χ3n) is 4.28. The third-order valence-corrected chi connectivity index (χ3v) is 4.28. The summed E-state index contributed by atoms with van der Waals surface area (Å²) in [6, 6.07) is 7.87. The zero-order valence-corrected chi connectivity index (χ0v) is 14.5. The normalized spacial score (nSPS) is 17.5. The molecule has 3 rings (SSSR count). The Bertz CT molecular complexity index is 858. The highest BCUT2D eigenvalue weighted by molar-refractivity contribution is 6.15. The minimum atomic E-state index is -1.01. The average Bonchev–Trinajstić information content (AvgIpc) is 3.22. The molecule has 0 unspecified atom stereocenters. The molecule has 26 heavy (non-hydrogen) atoms. The lowest BCUT2D eigenvalue weighted by molar-refractivity contribution is -0.129. The van der Waals surface area contributed by atoms with Crippen molar-refractivity contribution in [3.63, 3.8) is 0 Å². The minimum absolute atomic E-state index is 0.0184. The Morgan fingerprint density at radius 1 is 1.27 bits per heavy atom. The van der Waals surface area contributed by atoms with E-state index < -0.39 is 29.3 Å². The highest BCUT2D eigenvalue weighted by atomic mass is 19.1. The van der Waals surface area contributed by atoms with Crippen molar-refractivity contribution in [2.24, 2.45) is 0 Å². The van der Waals surface area contributed by atoms with Gasteiger partial charge in [0.25, 0.3) is 5.91 Å². The standard InChI is InChI=1S/C19H19FN2O4/c1-21(2)9-10-22-16(12-6-3-4-7-13(12)20)15(18(24)19(22)25)17(23)14-8-5-11-26-14/h3-8,11,16,24H,9-10H2,1-2H3/t16-/m1/s1. The van der Waals surface area contributed by atoms with E-state index in [4.69, 9.17) is 4.42 Å². The molecule has 1 aromatic heterocycles. The number of amides is 1.